The lowest BCUT2D eigenvalue weighted by Crippen LogP contribution is -2.30. The standard InChI is InChI=1S/C14H22N2O3/c1-3-6-13(17)10-15-14(4-2)11-7-5-8-12(9-11)16(18)19/h5,7-9,13-15,17H,3-4,6,10H2,1-2H3. The van der Waals surface area contributed by atoms with Crippen LogP contribution in [0.2, 0.25) is 0 Å². The van der Waals surface area contributed by atoms with Crippen LogP contribution in [0.25, 0.3) is 0 Å². The molecule has 0 spiro atoms. The smallest absolute Gasteiger partial charge is 0.269 e. The number of hydrogen-bond acceptors (Lipinski definition) is 4. The molecule has 5 heteroatoms. The summed E-state index contributed by atoms with van der Waals surface area (Å²) in [7, 11) is 0. The van der Waals surface area contributed by atoms with E-state index in [2.05, 4.69) is 5.32 Å². The summed E-state index contributed by atoms with van der Waals surface area (Å²) in [6.45, 7) is 4.55. The highest BCUT2D eigenvalue weighted by atomic mass is 16.6. The van der Waals surface area contributed by atoms with Gasteiger partial charge in [0, 0.05) is 24.7 Å². The summed E-state index contributed by atoms with van der Waals surface area (Å²) in [5.41, 5.74) is 0.993. The Morgan fingerprint density at radius 2 is 2.16 bits per heavy atom. The number of nitrogens with one attached hydrogen (secondary N) is 1. The van der Waals surface area contributed by atoms with Crippen molar-refractivity contribution in [2.24, 2.45) is 0 Å². The first-order valence-corrected chi connectivity index (χ1v) is 6.74. The van der Waals surface area contributed by atoms with E-state index in [-0.39, 0.29) is 22.8 Å². The monoisotopic (exact) mass is 266 g/mol. The van der Waals surface area contributed by atoms with Crippen molar-refractivity contribution in [1.29, 1.82) is 0 Å². The maximum atomic E-state index is 10.8. The van der Waals surface area contributed by atoms with Crippen molar-refractivity contribution in [3.8, 4) is 0 Å². The lowest BCUT2D eigenvalue weighted by Gasteiger charge is -2.19. The molecule has 19 heavy (non-hydrogen) atoms. The van der Waals surface area contributed by atoms with Crippen molar-refractivity contribution in [2.45, 2.75) is 45.3 Å². The van der Waals surface area contributed by atoms with Gasteiger partial charge in [0.1, 0.15) is 0 Å². The van der Waals surface area contributed by atoms with Gasteiger partial charge in [0.05, 0.1) is 11.0 Å². The molecule has 1 aromatic rings. The van der Waals surface area contributed by atoms with Crippen molar-refractivity contribution < 1.29 is 10.0 Å². The number of benzene rings is 1. The molecule has 0 heterocycles. The van der Waals surface area contributed by atoms with Gasteiger partial charge in [0.2, 0.25) is 0 Å². The zero-order valence-electron chi connectivity index (χ0n) is 11.5. The van der Waals surface area contributed by atoms with Crippen molar-refractivity contribution >= 4 is 5.69 Å². The second kappa shape index (κ2) is 7.86. The van der Waals surface area contributed by atoms with Gasteiger partial charge in [-0.2, -0.15) is 0 Å². The van der Waals surface area contributed by atoms with Crippen LogP contribution in [0, 0.1) is 10.1 Å². The molecule has 2 atom stereocenters. The minimum absolute atomic E-state index is 0.0337. The topological polar surface area (TPSA) is 75.4 Å². The Morgan fingerprint density at radius 1 is 1.42 bits per heavy atom. The fraction of sp³-hybridized carbons (Fsp3) is 0.571. The van der Waals surface area contributed by atoms with Crippen molar-refractivity contribution in [2.75, 3.05) is 6.54 Å². The Morgan fingerprint density at radius 3 is 2.74 bits per heavy atom. The minimum Gasteiger partial charge on any atom is -0.392 e. The largest absolute Gasteiger partial charge is 0.392 e. The Bertz CT molecular complexity index is 409. The molecule has 1 aromatic carbocycles. The summed E-state index contributed by atoms with van der Waals surface area (Å²) in [5, 5.41) is 23.7. The molecule has 0 radical (unpaired) electrons. The highest BCUT2D eigenvalue weighted by molar-refractivity contribution is 5.35. The van der Waals surface area contributed by atoms with E-state index in [0.29, 0.717) is 6.54 Å². The number of nitro groups is 1. The highest BCUT2D eigenvalue weighted by Gasteiger charge is 2.14. The molecule has 0 bridgehead atoms. The Balaban J connectivity index is 2.68. The number of non-ortho nitro benzene ring substituents is 1. The molecule has 106 valence electrons. The molecule has 0 aromatic heterocycles. The molecular weight excluding hydrogens is 244 g/mol. The maximum absolute atomic E-state index is 10.8. The summed E-state index contributed by atoms with van der Waals surface area (Å²) in [5.74, 6) is 0. The van der Waals surface area contributed by atoms with Crippen LogP contribution in [-0.4, -0.2) is 22.7 Å². The van der Waals surface area contributed by atoms with Gasteiger partial charge in [0.25, 0.3) is 5.69 Å². The van der Waals surface area contributed by atoms with E-state index >= 15 is 0 Å². The van der Waals surface area contributed by atoms with Crippen LogP contribution < -0.4 is 5.32 Å². The van der Waals surface area contributed by atoms with Crippen LogP contribution in [0.1, 0.15) is 44.7 Å². The normalized spacial score (nSPS) is 14.1. The highest BCUT2D eigenvalue weighted by Crippen LogP contribution is 2.21. The van der Waals surface area contributed by atoms with Crippen LogP contribution in [0.5, 0.6) is 0 Å². The van der Waals surface area contributed by atoms with Gasteiger partial charge in [-0.05, 0) is 18.4 Å². The summed E-state index contributed by atoms with van der Waals surface area (Å²) in [6.07, 6.45) is 2.16. The third-order valence-corrected chi connectivity index (χ3v) is 3.11. The van der Waals surface area contributed by atoms with Crippen LogP contribution >= 0.6 is 0 Å². The quantitative estimate of drug-likeness (QED) is 0.560. The fourth-order valence-electron chi connectivity index (χ4n) is 2.07. The average molecular weight is 266 g/mol. The van der Waals surface area contributed by atoms with E-state index < -0.39 is 0 Å². The van der Waals surface area contributed by atoms with E-state index in [4.69, 9.17) is 0 Å². The number of rotatable bonds is 8. The number of aliphatic hydroxyl groups is 1. The molecule has 0 amide bonds. The number of nitro benzene ring substituents is 1. The molecule has 0 saturated heterocycles. The predicted octanol–water partition coefficient (Wildman–Crippen LogP) is 2.80. The van der Waals surface area contributed by atoms with Gasteiger partial charge in [0.15, 0.2) is 0 Å². The number of hydrogen-bond donors (Lipinski definition) is 2. The molecule has 5 nitrogen and oxygen atoms in total. The average Bonchev–Trinajstić information content (AvgIpc) is 2.40. The third kappa shape index (κ3) is 4.96. The van der Waals surface area contributed by atoms with E-state index in [0.717, 1.165) is 24.8 Å². The van der Waals surface area contributed by atoms with Crippen molar-refractivity contribution in [3.05, 3.63) is 39.9 Å². The molecule has 2 unspecified atom stereocenters. The van der Waals surface area contributed by atoms with E-state index in [9.17, 15) is 15.2 Å². The fourth-order valence-corrected chi connectivity index (χ4v) is 2.07. The molecular formula is C14H22N2O3. The summed E-state index contributed by atoms with van der Waals surface area (Å²) < 4.78 is 0. The molecule has 1 rings (SSSR count). The van der Waals surface area contributed by atoms with Gasteiger partial charge in [-0.25, -0.2) is 0 Å². The lowest BCUT2D eigenvalue weighted by atomic mass is 10.0. The molecule has 0 saturated carbocycles. The SMILES string of the molecule is CCCC(O)CNC(CC)c1cccc([N+](=O)[O-])c1. The van der Waals surface area contributed by atoms with Crippen molar-refractivity contribution in [3.63, 3.8) is 0 Å². The van der Waals surface area contributed by atoms with Gasteiger partial charge < -0.3 is 10.4 Å². The van der Waals surface area contributed by atoms with Gasteiger partial charge >= 0.3 is 0 Å². The van der Waals surface area contributed by atoms with E-state index in [1.807, 2.05) is 19.9 Å². The number of nitrogens with zero attached hydrogens (tertiary/aromatic N) is 1. The van der Waals surface area contributed by atoms with E-state index in [1.54, 1.807) is 12.1 Å². The molecule has 0 aliphatic carbocycles. The summed E-state index contributed by atoms with van der Waals surface area (Å²) in [6, 6.07) is 6.68. The van der Waals surface area contributed by atoms with Crippen LogP contribution in [0.3, 0.4) is 0 Å². The van der Waals surface area contributed by atoms with Gasteiger partial charge in [-0.3, -0.25) is 10.1 Å². The number of aliphatic hydroxyl groups excluding tert-OH is 1. The summed E-state index contributed by atoms with van der Waals surface area (Å²) >= 11 is 0. The van der Waals surface area contributed by atoms with Crippen LogP contribution in [0.4, 0.5) is 5.69 Å². The Kier molecular flexibility index (Phi) is 6.45. The lowest BCUT2D eigenvalue weighted by molar-refractivity contribution is -0.384. The van der Waals surface area contributed by atoms with Gasteiger partial charge in [-0.15, -0.1) is 0 Å². The third-order valence-electron chi connectivity index (χ3n) is 3.11. The molecule has 0 aliphatic heterocycles. The molecule has 0 fully saturated rings. The molecule has 0 aliphatic rings. The minimum atomic E-state index is -0.387. The first-order chi connectivity index (χ1) is 9.08. The Labute approximate surface area is 113 Å². The zero-order valence-corrected chi connectivity index (χ0v) is 11.5. The second-order valence-electron chi connectivity index (χ2n) is 4.66. The first kappa shape index (κ1) is 15.6. The van der Waals surface area contributed by atoms with E-state index in [1.165, 1.54) is 6.07 Å². The Hall–Kier alpha value is -1.46. The van der Waals surface area contributed by atoms with Gasteiger partial charge in [-0.1, -0.05) is 32.4 Å². The summed E-state index contributed by atoms with van der Waals surface area (Å²) in [4.78, 5) is 10.4. The van der Waals surface area contributed by atoms with Crippen molar-refractivity contribution in [1.82, 2.24) is 5.32 Å². The van der Waals surface area contributed by atoms with Crippen LogP contribution in [0.15, 0.2) is 24.3 Å². The second-order valence-corrected chi connectivity index (χ2v) is 4.66. The first-order valence-electron chi connectivity index (χ1n) is 6.74. The zero-order chi connectivity index (χ0) is 14.3. The predicted molar refractivity (Wildman–Crippen MR) is 75.0 cm³/mol. The van der Waals surface area contributed by atoms with Crippen LogP contribution in [-0.2, 0) is 0 Å². The molecule has 2 N–H and O–H groups in total. The maximum Gasteiger partial charge on any atom is 0.269 e.